The van der Waals surface area contributed by atoms with Crippen LogP contribution in [0.15, 0.2) is 0 Å². The molecule has 3 N–H and O–H groups in total. The normalized spacial score (nSPS) is 30.7. The zero-order chi connectivity index (χ0) is 13.2. The van der Waals surface area contributed by atoms with Crippen LogP contribution in [0.4, 0.5) is 4.79 Å². The molecular formula is C13H22N4O2. The van der Waals surface area contributed by atoms with Crippen LogP contribution in [0, 0.1) is 5.92 Å². The van der Waals surface area contributed by atoms with Gasteiger partial charge in [0.1, 0.15) is 0 Å². The number of hydrogen-bond donors (Lipinski definition) is 3. The van der Waals surface area contributed by atoms with E-state index < -0.39 is 0 Å². The summed E-state index contributed by atoms with van der Waals surface area (Å²) in [6.45, 7) is 3.32. The highest BCUT2D eigenvalue weighted by molar-refractivity contribution is 5.95. The molecule has 6 nitrogen and oxygen atoms in total. The van der Waals surface area contributed by atoms with Crippen LogP contribution in [0.25, 0.3) is 0 Å². The maximum absolute atomic E-state index is 11.9. The second-order valence-electron chi connectivity index (χ2n) is 5.89. The fourth-order valence-corrected chi connectivity index (χ4v) is 3.16. The average molecular weight is 266 g/mol. The minimum Gasteiger partial charge on any atom is -0.335 e. The van der Waals surface area contributed by atoms with E-state index in [1.807, 2.05) is 0 Å². The number of nitrogens with zero attached hydrogens (tertiary/aromatic N) is 1. The van der Waals surface area contributed by atoms with Crippen molar-refractivity contribution in [2.75, 3.05) is 26.2 Å². The van der Waals surface area contributed by atoms with E-state index in [2.05, 4.69) is 20.9 Å². The highest BCUT2D eigenvalue weighted by Gasteiger charge is 2.35. The lowest BCUT2D eigenvalue weighted by Crippen LogP contribution is -2.51. The maximum atomic E-state index is 11.9. The van der Waals surface area contributed by atoms with E-state index in [9.17, 15) is 9.59 Å². The molecule has 3 fully saturated rings. The van der Waals surface area contributed by atoms with Crippen LogP contribution in [-0.2, 0) is 4.79 Å². The number of urea groups is 1. The maximum Gasteiger partial charge on any atom is 0.321 e. The molecule has 6 heteroatoms. The van der Waals surface area contributed by atoms with E-state index >= 15 is 0 Å². The Balaban J connectivity index is 1.46. The largest absolute Gasteiger partial charge is 0.335 e. The third-order valence-electron chi connectivity index (χ3n) is 4.31. The van der Waals surface area contributed by atoms with Gasteiger partial charge in [0.05, 0.1) is 6.54 Å². The predicted octanol–water partition coefficient (Wildman–Crippen LogP) is -0.342. The van der Waals surface area contributed by atoms with E-state index in [1.165, 1.54) is 6.42 Å². The number of likely N-dealkylation sites (tertiary alicyclic amines) is 1. The lowest BCUT2D eigenvalue weighted by Gasteiger charge is -2.36. The predicted molar refractivity (Wildman–Crippen MR) is 70.7 cm³/mol. The lowest BCUT2D eigenvalue weighted by molar-refractivity contribution is -0.122. The first-order valence-corrected chi connectivity index (χ1v) is 7.27. The molecule has 2 saturated heterocycles. The molecule has 0 aromatic heterocycles. The third-order valence-corrected chi connectivity index (χ3v) is 4.31. The summed E-state index contributed by atoms with van der Waals surface area (Å²) in [6, 6.07) is 0.405. The first kappa shape index (κ1) is 12.9. The number of hydrogen-bond acceptors (Lipinski definition) is 4. The Bertz CT molecular complexity index is 370. The molecule has 2 aliphatic heterocycles. The molecule has 3 aliphatic rings. The molecule has 0 radical (unpaired) electrons. The standard InChI is InChI=1S/C13H22N4O2/c18-12(16-13(19)15-10-3-4-10)8-17-5-1-2-9-6-14-7-11(9)17/h9-11,14H,1-8H2,(H2,15,16,18,19). The summed E-state index contributed by atoms with van der Waals surface area (Å²) in [7, 11) is 0. The highest BCUT2D eigenvalue weighted by Crippen LogP contribution is 2.25. The van der Waals surface area contributed by atoms with E-state index in [1.54, 1.807) is 0 Å². The van der Waals surface area contributed by atoms with Gasteiger partial charge in [-0.05, 0) is 44.7 Å². The third kappa shape index (κ3) is 3.25. The van der Waals surface area contributed by atoms with Crippen LogP contribution in [0.3, 0.4) is 0 Å². The van der Waals surface area contributed by atoms with Gasteiger partial charge in [0.25, 0.3) is 0 Å². The first-order valence-electron chi connectivity index (χ1n) is 7.27. The molecule has 106 valence electrons. The Morgan fingerprint density at radius 1 is 1.21 bits per heavy atom. The van der Waals surface area contributed by atoms with Gasteiger partial charge in [-0.3, -0.25) is 15.0 Å². The summed E-state index contributed by atoms with van der Waals surface area (Å²) in [5.41, 5.74) is 0. The smallest absolute Gasteiger partial charge is 0.321 e. The molecule has 0 aromatic carbocycles. The SMILES string of the molecule is O=C(CN1CCCC2CNCC21)NC(=O)NC1CC1. The number of rotatable bonds is 3. The fraction of sp³-hybridized carbons (Fsp3) is 0.846. The number of imide groups is 1. The molecule has 3 rings (SSSR count). The number of amides is 3. The van der Waals surface area contributed by atoms with Crippen molar-refractivity contribution in [2.24, 2.45) is 5.92 Å². The number of carbonyl (C=O) groups excluding carboxylic acids is 2. The zero-order valence-corrected chi connectivity index (χ0v) is 11.2. The molecule has 0 spiro atoms. The second kappa shape index (κ2) is 5.46. The van der Waals surface area contributed by atoms with Crippen molar-refractivity contribution in [3.63, 3.8) is 0 Å². The van der Waals surface area contributed by atoms with Crippen molar-refractivity contribution in [3.05, 3.63) is 0 Å². The molecule has 2 heterocycles. The van der Waals surface area contributed by atoms with Gasteiger partial charge < -0.3 is 10.6 Å². The molecular weight excluding hydrogens is 244 g/mol. The van der Waals surface area contributed by atoms with Crippen LogP contribution in [-0.4, -0.2) is 55.1 Å². The van der Waals surface area contributed by atoms with E-state index in [0.29, 0.717) is 18.5 Å². The quantitative estimate of drug-likeness (QED) is 0.653. The Morgan fingerprint density at radius 3 is 2.84 bits per heavy atom. The van der Waals surface area contributed by atoms with E-state index in [0.717, 1.165) is 38.9 Å². The monoisotopic (exact) mass is 266 g/mol. The topological polar surface area (TPSA) is 73.5 Å². The Morgan fingerprint density at radius 2 is 2.05 bits per heavy atom. The number of piperidine rings is 1. The summed E-state index contributed by atoms with van der Waals surface area (Å²) >= 11 is 0. The second-order valence-corrected chi connectivity index (χ2v) is 5.89. The minimum absolute atomic E-state index is 0.189. The fourth-order valence-electron chi connectivity index (χ4n) is 3.16. The van der Waals surface area contributed by atoms with Crippen molar-refractivity contribution >= 4 is 11.9 Å². The van der Waals surface area contributed by atoms with Crippen LogP contribution >= 0.6 is 0 Å². The zero-order valence-electron chi connectivity index (χ0n) is 11.2. The number of nitrogens with one attached hydrogen (secondary N) is 3. The summed E-state index contributed by atoms with van der Waals surface area (Å²) in [5, 5.41) is 8.58. The van der Waals surface area contributed by atoms with Crippen molar-refractivity contribution in [1.29, 1.82) is 0 Å². The Hall–Kier alpha value is -1.14. The summed E-state index contributed by atoms with van der Waals surface area (Å²) in [4.78, 5) is 25.6. The number of fused-ring (bicyclic) bond motifs is 1. The molecule has 3 amide bonds. The molecule has 1 aliphatic carbocycles. The molecule has 2 unspecified atom stereocenters. The molecule has 19 heavy (non-hydrogen) atoms. The van der Waals surface area contributed by atoms with Gasteiger partial charge in [-0.15, -0.1) is 0 Å². The van der Waals surface area contributed by atoms with Gasteiger partial charge in [0, 0.05) is 18.6 Å². The molecule has 0 aromatic rings. The van der Waals surface area contributed by atoms with Crippen LogP contribution in [0.5, 0.6) is 0 Å². The van der Waals surface area contributed by atoms with Crippen LogP contribution in [0.1, 0.15) is 25.7 Å². The first-order chi connectivity index (χ1) is 9.22. The van der Waals surface area contributed by atoms with Crippen molar-refractivity contribution in [3.8, 4) is 0 Å². The van der Waals surface area contributed by atoms with Crippen molar-refractivity contribution < 1.29 is 9.59 Å². The number of carbonyl (C=O) groups is 2. The minimum atomic E-state index is -0.342. The molecule has 2 atom stereocenters. The van der Waals surface area contributed by atoms with Gasteiger partial charge in [-0.1, -0.05) is 0 Å². The van der Waals surface area contributed by atoms with Crippen LogP contribution < -0.4 is 16.0 Å². The van der Waals surface area contributed by atoms with Crippen molar-refractivity contribution in [2.45, 2.75) is 37.8 Å². The van der Waals surface area contributed by atoms with Gasteiger partial charge in [0.15, 0.2) is 0 Å². The van der Waals surface area contributed by atoms with Gasteiger partial charge in [-0.2, -0.15) is 0 Å². The summed E-state index contributed by atoms with van der Waals surface area (Å²) in [5.74, 6) is 0.479. The molecule has 0 bridgehead atoms. The Labute approximate surface area is 113 Å². The van der Waals surface area contributed by atoms with E-state index in [-0.39, 0.29) is 18.0 Å². The van der Waals surface area contributed by atoms with Gasteiger partial charge in [-0.25, -0.2) is 4.79 Å². The van der Waals surface area contributed by atoms with Crippen LogP contribution in [0.2, 0.25) is 0 Å². The average Bonchev–Trinajstić information content (AvgIpc) is 3.04. The molecule has 1 saturated carbocycles. The van der Waals surface area contributed by atoms with Gasteiger partial charge in [0.2, 0.25) is 5.91 Å². The van der Waals surface area contributed by atoms with E-state index in [4.69, 9.17) is 0 Å². The summed E-state index contributed by atoms with van der Waals surface area (Å²) < 4.78 is 0. The highest BCUT2D eigenvalue weighted by atomic mass is 16.2. The van der Waals surface area contributed by atoms with Gasteiger partial charge >= 0.3 is 6.03 Å². The van der Waals surface area contributed by atoms with Crippen molar-refractivity contribution in [1.82, 2.24) is 20.9 Å². The Kier molecular flexibility index (Phi) is 3.70. The lowest BCUT2D eigenvalue weighted by atomic mass is 9.92. The summed E-state index contributed by atoms with van der Waals surface area (Å²) in [6.07, 6.45) is 4.45.